The van der Waals surface area contributed by atoms with E-state index in [0.29, 0.717) is 13.0 Å². The summed E-state index contributed by atoms with van der Waals surface area (Å²) in [6, 6.07) is 0. The molecule has 0 unspecified atom stereocenters. The van der Waals surface area contributed by atoms with Gasteiger partial charge in [0.2, 0.25) is 11.8 Å². The Morgan fingerprint density at radius 3 is 2.89 bits per heavy atom. The molecular formula is C14H19NO3. The molecular weight excluding hydrogens is 230 g/mol. The zero-order valence-electron chi connectivity index (χ0n) is 10.7. The van der Waals surface area contributed by atoms with E-state index in [0.717, 1.165) is 19.4 Å². The van der Waals surface area contributed by atoms with Crippen molar-refractivity contribution in [3.8, 4) is 0 Å². The molecule has 4 heteroatoms. The van der Waals surface area contributed by atoms with Gasteiger partial charge in [-0.05, 0) is 25.2 Å². The number of rotatable bonds is 2. The predicted molar refractivity (Wildman–Crippen MR) is 65.6 cm³/mol. The quantitative estimate of drug-likeness (QED) is 0.548. The Balaban J connectivity index is 1.76. The zero-order chi connectivity index (χ0) is 12.7. The van der Waals surface area contributed by atoms with Crippen LogP contribution in [0.1, 0.15) is 26.2 Å². The summed E-state index contributed by atoms with van der Waals surface area (Å²) in [6.07, 6.45) is 6.85. The normalized spacial score (nSPS) is 39.5. The zero-order valence-corrected chi connectivity index (χ0v) is 10.7. The van der Waals surface area contributed by atoms with Crippen molar-refractivity contribution in [2.45, 2.75) is 32.3 Å². The summed E-state index contributed by atoms with van der Waals surface area (Å²) in [5.74, 6) is -0.0634. The second-order valence-corrected chi connectivity index (χ2v) is 5.58. The Labute approximate surface area is 107 Å². The minimum Gasteiger partial charge on any atom is -0.376 e. The first-order valence-corrected chi connectivity index (χ1v) is 6.82. The van der Waals surface area contributed by atoms with E-state index in [1.54, 1.807) is 0 Å². The number of hydrogen-bond acceptors (Lipinski definition) is 3. The van der Waals surface area contributed by atoms with Crippen LogP contribution in [-0.2, 0) is 14.3 Å². The second kappa shape index (κ2) is 4.50. The molecule has 0 aromatic heterocycles. The Hall–Kier alpha value is -1.16. The summed E-state index contributed by atoms with van der Waals surface area (Å²) in [6.45, 7) is 3.23. The SMILES string of the molecule is C[C@@H]1C=CC[C@@H]2C(=O)N(C[C@@H]3CCCO3)C(=O)[C@@H]12. The van der Waals surface area contributed by atoms with Gasteiger partial charge in [-0.2, -0.15) is 0 Å². The average Bonchev–Trinajstić information content (AvgIpc) is 2.94. The first-order valence-electron chi connectivity index (χ1n) is 6.82. The van der Waals surface area contributed by atoms with E-state index >= 15 is 0 Å². The van der Waals surface area contributed by atoms with Crippen LogP contribution in [0.25, 0.3) is 0 Å². The molecule has 4 nitrogen and oxygen atoms in total. The highest BCUT2D eigenvalue weighted by Crippen LogP contribution is 2.38. The number of hydrogen-bond donors (Lipinski definition) is 0. The fourth-order valence-electron chi connectivity index (χ4n) is 3.38. The summed E-state index contributed by atoms with van der Waals surface area (Å²) in [5.41, 5.74) is 0. The number of amides is 2. The highest BCUT2D eigenvalue weighted by Gasteiger charge is 2.50. The van der Waals surface area contributed by atoms with Gasteiger partial charge < -0.3 is 4.74 Å². The molecule has 2 amide bonds. The topological polar surface area (TPSA) is 46.6 Å². The van der Waals surface area contributed by atoms with Gasteiger partial charge >= 0.3 is 0 Å². The van der Waals surface area contributed by atoms with Crippen LogP contribution in [0.3, 0.4) is 0 Å². The number of nitrogens with zero attached hydrogens (tertiary/aromatic N) is 1. The fraction of sp³-hybridized carbons (Fsp3) is 0.714. The molecule has 1 aliphatic carbocycles. The van der Waals surface area contributed by atoms with Crippen LogP contribution in [0.15, 0.2) is 12.2 Å². The van der Waals surface area contributed by atoms with Gasteiger partial charge in [0.1, 0.15) is 0 Å². The molecule has 2 aliphatic heterocycles. The maximum atomic E-state index is 12.4. The molecule has 3 aliphatic rings. The van der Waals surface area contributed by atoms with Crippen molar-refractivity contribution >= 4 is 11.8 Å². The molecule has 0 radical (unpaired) electrons. The Morgan fingerprint density at radius 1 is 1.39 bits per heavy atom. The van der Waals surface area contributed by atoms with Gasteiger partial charge in [0, 0.05) is 6.61 Å². The van der Waals surface area contributed by atoms with Gasteiger partial charge in [-0.15, -0.1) is 0 Å². The van der Waals surface area contributed by atoms with Gasteiger partial charge in [-0.1, -0.05) is 19.1 Å². The van der Waals surface area contributed by atoms with Crippen molar-refractivity contribution in [3.63, 3.8) is 0 Å². The number of ether oxygens (including phenoxy) is 1. The van der Waals surface area contributed by atoms with Crippen LogP contribution in [0.2, 0.25) is 0 Å². The molecule has 18 heavy (non-hydrogen) atoms. The third-order valence-corrected chi connectivity index (χ3v) is 4.37. The van der Waals surface area contributed by atoms with Gasteiger partial charge in [-0.3, -0.25) is 14.5 Å². The number of carbonyl (C=O) groups is 2. The summed E-state index contributed by atoms with van der Waals surface area (Å²) in [7, 11) is 0. The standard InChI is InChI=1S/C14H19NO3/c1-9-4-2-6-11-12(9)14(17)15(13(11)16)8-10-5-3-7-18-10/h2,4,9-12H,3,5-8H2,1H3/t9-,10+,11+,12+/m1/s1. The van der Waals surface area contributed by atoms with E-state index in [-0.39, 0.29) is 35.7 Å². The monoisotopic (exact) mass is 249 g/mol. The lowest BCUT2D eigenvalue weighted by Gasteiger charge is -2.22. The van der Waals surface area contributed by atoms with E-state index in [4.69, 9.17) is 4.74 Å². The number of fused-ring (bicyclic) bond motifs is 1. The highest BCUT2D eigenvalue weighted by atomic mass is 16.5. The number of allylic oxidation sites excluding steroid dienone is 2. The Morgan fingerprint density at radius 2 is 2.22 bits per heavy atom. The van der Waals surface area contributed by atoms with Crippen LogP contribution in [0.5, 0.6) is 0 Å². The molecule has 0 aromatic rings. The lowest BCUT2D eigenvalue weighted by molar-refractivity contribution is -0.141. The van der Waals surface area contributed by atoms with Crippen LogP contribution in [-0.4, -0.2) is 36.0 Å². The van der Waals surface area contributed by atoms with Crippen molar-refractivity contribution in [1.82, 2.24) is 4.90 Å². The van der Waals surface area contributed by atoms with E-state index in [9.17, 15) is 9.59 Å². The highest BCUT2D eigenvalue weighted by molar-refractivity contribution is 6.05. The van der Waals surface area contributed by atoms with Crippen molar-refractivity contribution in [1.29, 1.82) is 0 Å². The van der Waals surface area contributed by atoms with Crippen molar-refractivity contribution < 1.29 is 14.3 Å². The lowest BCUT2D eigenvalue weighted by atomic mass is 9.78. The first-order chi connectivity index (χ1) is 8.68. The maximum Gasteiger partial charge on any atom is 0.233 e. The molecule has 2 fully saturated rings. The van der Waals surface area contributed by atoms with Crippen LogP contribution in [0, 0.1) is 17.8 Å². The van der Waals surface area contributed by atoms with Gasteiger partial charge in [-0.25, -0.2) is 0 Å². The molecule has 4 atom stereocenters. The van der Waals surface area contributed by atoms with Crippen LogP contribution in [0.4, 0.5) is 0 Å². The molecule has 2 saturated heterocycles. The van der Waals surface area contributed by atoms with E-state index in [1.807, 2.05) is 13.0 Å². The maximum absolute atomic E-state index is 12.4. The van der Waals surface area contributed by atoms with Crippen molar-refractivity contribution in [2.24, 2.45) is 17.8 Å². The van der Waals surface area contributed by atoms with Crippen LogP contribution >= 0.6 is 0 Å². The van der Waals surface area contributed by atoms with Gasteiger partial charge in [0.05, 0.1) is 24.5 Å². The van der Waals surface area contributed by atoms with E-state index < -0.39 is 0 Å². The Bertz CT molecular complexity index is 398. The molecule has 0 aromatic carbocycles. The van der Waals surface area contributed by atoms with Crippen molar-refractivity contribution in [2.75, 3.05) is 13.2 Å². The summed E-state index contributed by atoms with van der Waals surface area (Å²) < 4.78 is 5.53. The molecule has 3 rings (SSSR count). The third-order valence-electron chi connectivity index (χ3n) is 4.37. The predicted octanol–water partition coefficient (Wildman–Crippen LogP) is 1.36. The summed E-state index contributed by atoms with van der Waals surface area (Å²) >= 11 is 0. The number of imide groups is 1. The number of carbonyl (C=O) groups excluding carboxylic acids is 2. The molecule has 98 valence electrons. The minimum absolute atomic E-state index is 0.0108. The third kappa shape index (κ3) is 1.79. The lowest BCUT2D eigenvalue weighted by Crippen LogP contribution is -2.37. The second-order valence-electron chi connectivity index (χ2n) is 5.58. The van der Waals surface area contributed by atoms with E-state index in [1.165, 1.54) is 4.90 Å². The Kier molecular flexibility index (Phi) is 2.98. The molecule has 0 N–H and O–H groups in total. The van der Waals surface area contributed by atoms with E-state index in [2.05, 4.69) is 6.08 Å². The molecule has 0 bridgehead atoms. The fourth-order valence-corrected chi connectivity index (χ4v) is 3.38. The van der Waals surface area contributed by atoms with Gasteiger partial charge in [0.25, 0.3) is 0 Å². The average molecular weight is 249 g/mol. The smallest absolute Gasteiger partial charge is 0.233 e. The largest absolute Gasteiger partial charge is 0.376 e. The van der Waals surface area contributed by atoms with Crippen LogP contribution < -0.4 is 0 Å². The summed E-state index contributed by atoms with van der Waals surface area (Å²) in [5, 5.41) is 0. The van der Waals surface area contributed by atoms with Gasteiger partial charge in [0.15, 0.2) is 0 Å². The number of likely N-dealkylation sites (tertiary alicyclic amines) is 1. The molecule has 0 saturated carbocycles. The minimum atomic E-state index is -0.135. The summed E-state index contributed by atoms with van der Waals surface area (Å²) in [4.78, 5) is 26.1. The first kappa shape index (κ1) is 11.9. The van der Waals surface area contributed by atoms with Crippen molar-refractivity contribution in [3.05, 3.63) is 12.2 Å². The molecule has 0 spiro atoms. The molecule has 2 heterocycles.